The maximum Gasteiger partial charge on any atom is 0.233 e. The minimum absolute atomic E-state index is 0.0706. The molecule has 3 heterocycles. The van der Waals surface area contributed by atoms with Crippen LogP contribution in [0, 0.1) is 6.92 Å². The van der Waals surface area contributed by atoms with Gasteiger partial charge in [0.25, 0.3) is 0 Å². The van der Waals surface area contributed by atoms with E-state index in [1.807, 2.05) is 46.8 Å². The molecule has 1 amide bonds. The molecule has 5 rings (SSSR count). The topological polar surface area (TPSA) is 69.5 Å². The molecule has 0 bridgehead atoms. The Morgan fingerprint density at radius 3 is 2.81 bits per heavy atom. The monoisotopic (exact) mass is 450 g/mol. The lowest BCUT2D eigenvalue weighted by molar-refractivity contribution is -0.129. The molecule has 32 heavy (non-hydrogen) atoms. The van der Waals surface area contributed by atoms with Gasteiger partial charge in [0.1, 0.15) is 13.2 Å². The third-order valence-electron chi connectivity index (χ3n) is 5.96. The Labute approximate surface area is 191 Å². The predicted octanol–water partition coefficient (Wildman–Crippen LogP) is 4.02. The maximum atomic E-state index is 13.1. The number of nitrogens with zero attached hydrogens (tertiary/aromatic N) is 4. The third kappa shape index (κ3) is 4.07. The molecule has 0 radical (unpaired) electrons. The van der Waals surface area contributed by atoms with Crippen LogP contribution in [0.15, 0.2) is 47.6 Å². The summed E-state index contributed by atoms with van der Waals surface area (Å²) in [7, 11) is 1.94. The number of benzene rings is 2. The maximum absolute atomic E-state index is 13.1. The summed E-state index contributed by atoms with van der Waals surface area (Å²) in [6.07, 6.45) is 1.95. The normalized spacial score (nSPS) is 17.6. The van der Waals surface area contributed by atoms with Crippen LogP contribution >= 0.6 is 11.8 Å². The van der Waals surface area contributed by atoms with Crippen LogP contribution in [-0.4, -0.2) is 51.1 Å². The molecular weight excluding hydrogens is 424 g/mol. The highest BCUT2D eigenvalue weighted by Gasteiger charge is 2.31. The van der Waals surface area contributed by atoms with Crippen molar-refractivity contribution in [2.24, 2.45) is 7.05 Å². The average Bonchev–Trinajstić information content (AvgIpc) is 3.44. The molecule has 3 aromatic rings. The van der Waals surface area contributed by atoms with Crippen LogP contribution in [0.25, 0.3) is 11.4 Å². The highest BCUT2D eigenvalue weighted by atomic mass is 32.2. The fourth-order valence-electron chi connectivity index (χ4n) is 4.36. The summed E-state index contributed by atoms with van der Waals surface area (Å²) >= 11 is 1.44. The van der Waals surface area contributed by atoms with Crippen molar-refractivity contribution in [1.82, 2.24) is 19.7 Å². The molecular formula is C24H26N4O3S. The van der Waals surface area contributed by atoms with Crippen molar-refractivity contribution in [3.05, 3.63) is 53.6 Å². The van der Waals surface area contributed by atoms with E-state index in [0.717, 1.165) is 53.0 Å². The van der Waals surface area contributed by atoms with Gasteiger partial charge in [0.05, 0.1) is 11.8 Å². The van der Waals surface area contributed by atoms with E-state index in [4.69, 9.17) is 9.47 Å². The van der Waals surface area contributed by atoms with E-state index in [0.29, 0.717) is 19.0 Å². The average molecular weight is 451 g/mol. The van der Waals surface area contributed by atoms with Gasteiger partial charge in [0.2, 0.25) is 5.91 Å². The van der Waals surface area contributed by atoms with Crippen molar-refractivity contribution < 1.29 is 14.3 Å². The molecule has 1 aromatic heterocycles. The zero-order chi connectivity index (χ0) is 22.1. The van der Waals surface area contributed by atoms with Crippen molar-refractivity contribution in [3.63, 3.8) is 0 Å². The largest absolute Gasteiger partial charge is 0.486 e. The van der Waals surface area contributed by atoms with E-state index in [1.54, 1.807) is 0 Å². The van der Waals surface area contributed by atoms with E-state index in [-0.39, 0.29) is 11.9 Å². The first-order chi connectivity index (χ1) is 15.6. The van der Waals surface area contributed by atoms with Crippen molar-refractivity contribution in [2.45, 2.75) is 31.0 Å². The number of aryl methyl sites for hydroxylation is 1. The standard InChI is InChI=1S/C24H26N4O3S/c1-16-5-3-6-18(13-16)23-25-26-24(27(23)2)32-15-22(29)28-10-4-7-19(28)17-8-9-20-21(14-17)31-12-11-30-20/h3,5-6,8-9,13-14,19H,4,7,10-12,15H2,1-2H3/t19-/m0/s1. The van der Waals surface area contributed by atoms with Gasteiger partial charge >= 0.3 is 0 Å². The van der Waals surface area contributed by atoms with E-state index < -0.39 is 0 Å². The Kier molecular flexibility index (Phi) is 5.78. The Bertz CT molecular complexity index is 1150. The molecule has 2 aliphatic rings. The van der Waals surface area contributed by atoms with Gasteiger partial charge in [0.15, 0.2) is 22.5 Å². The fraction of sp³-hybridized carbons (Fsp3) is 0.375. The number of aromatic nitrogens is 3. The van der Waals surface area contributed by atoms with Crippen LogP contribution < -0.4 is 9.47 Å². The highest BCUT2D eigenvalue weighted by molar-refractivity contribution is 7.99. The van der Waals surface area contributed by atoms with Gasteiger partial charge in [-0.3, -0.25) is 4.79 Å². The van der Waals surface area contributed by atoms with Crippen LogP contribution in [0.1, 0.15) is 30.0 Å². The molecule has 2 aliphatic heterocycles. The first-order valence-electron chi connectivity index (χ1n) is 10.9. The number of likely N-dealkylation sites (tertiary alicyclic amines) is 1. The molecule has 1 saturated heterocycles. The van der Waals surface area contributed by atoms with Gasteiger partial charge < -0.3 is 18.9 Å². The Hall–Kier alpha value is -3.00. The van der Waals surface area contributed by atoms with Gasteiger partial charge in [-0.1, -0.05) is 41.6 Å². The number of thioether (sulfide) groups is 1. The zero-order valence-corrected chi connectivity index (χ0v) is 19.1. The van der Waals surface area contributed by atoms with Crippen LogP contribution in [-0.2, 0) is 11.8 Å². The molecule has 166 valence electrons. The summed E-state index contributed by atoms with van der Waals surface area (Å²) in [6.45, 7) is 3.96. The highest BCUT2D eigenvalue weighted by Crippen LogP contribution is 2.38. The summed E-state index contributed by atoms with van der Waals surface area (Å²) in [5.74, 6) is 2.80. The quantitative estimate of drug-likeness (QED) is 0.547. The second kappa shape index (κ2) is 8.86. The smallest absolute Gasteiger partial charge is 0.233 e. The lowest BCUT2D eigenvalue weighted by atomic mass is 10.0. The molecule has 0 unspecified atom stereocenters. The third-order valence-corrected chi connectivity index (χ3v) is 6.97. The first-order valence-corrected chi connectivity index (χ1v) is 11.9. The van der Waals surface area contributed by atoms with Gasteiger partial charge in [-0.05, 0) is 43.5 Å². The summed E-state index contributed by atoms with van der Waals surface area (Å²) < 4.78 is 13.3. The molecule has 0 saturated carbocycles. The number of fused-ring (bicyclic) bond motifs is 1. The number of carbonyl (C=O) groups is 1. The Morgan fingerprint density at radius 2 is 1.97 bits per heavy atom. The fourth-order valence-corrected chi connectivity index (χ4v) is 5.16. The Balaban J connectivity index is 1.27. The van der Waals surface area contributed by atoms with E-state index in [9.17, 15) is 4.79 Å². The SMILES string of the molecule is Cc1cccc(-c2nnc(SCC(=O)N3CCC[C@H]3c3ccc4c(c3)OCCO4)n2C)c1. The second-order valence-corrected chi connectivity index (χ2v) is 9.11. The molecule has 0 spiro atoms. The Morgan fingerprint density at radius 1 is 1.12 bits per heavy atom. The molecule has 1 fully saturated rings. The molecule has 0 N–H and O–H groups in total. The van der Waals surface area contributed by atoms with Crippen LogP contribution in [0.2, 0.25) is 0 Å². The van der Waals surface area contributed by atoms with Crippen LogP contribution in [0.4, 0.5) is 0 Å². The van der Waals surface area contributed by atoms with Gasteiger partial charge in [-0.15, -0.1) is 10.2 Å². The predicted molar refractivity (Wildman–Crippen MR) is 123 cm³/mol. The zero-order valence-electron chi connectivity index (χ0n) is 18.3. The van der Waals surface area contributed by atoms with Crippen molar-refractivity contribution in [1.29, 1.82) is 0 Å². The van der Waals surface area contributed by atoms with E-state index in [2.05, 4.69) is 29.3 Å². The lowest BCUT2D eigenvalue weighted by Crippen LogP contribution is -2.32. The van der Waals surface area contributed by atoms with Crippen molar-refractivity contribution >= 4 is 17.7 Å². The van der Waals surface area contributed by atoms with Gasteiger partial charge in [-0.2, -0.15) is 0 Å². The number of carbonyl (C=O) groups excluding carboxylic acids is 1. The number of ether oxygens (including phenoxy) is 2. The summed E-state index contributed by atoms with van der Waals surface area (Å²) in [6, 6.07) is 14.3. The van der Waals surface area contributed by atoms with Crippen molar-refractivity contribution in [2.75, 3.05) is 25.5 Å². The van der Waals surface area contributed by atoms with Crippen LogP contribution in [0.3, 0.4) is 0 Å². The summed E-state index contributed by atoms with van der Waals surface area (Å²) in [5, 5.41) is 9.41. The van der Waals surface area contributed by atoms with Crippen molar-refractivity contribution in [3.8, 4) is 22.9 Å². The number of amides is 1. The first kappa shape index (κ1) is 20.9. The second-order valence-electron chi connectivity index (χ2n) is 8.17. The molecule has 7 nitrogen and oxygen atoms in total. The van der Waals surface area contributed by atoms with E-state index >= 15 is 0 Å². The molecule has 0 aliphatic carbocycles. The number of hydrogen-bond donors (Lipinski definition) is 0. The molecule has 8 heteroatoms. The minimum Gasteiger partial charge on any atom is -0.486 e. The lowest BCUT2D eigenvalue weighted by Gasteiger charge is -2.26. The molecule has 1 atom stereocenters. The van der Waals surface area contributed by atoms with Gasteiger partial charge in [-0.25, -0.2) is 0 Å². The molecule has 2 aromatic carbocycles. The minimum atomic E-state index is 0.0706. The number of hydrogen-bond acceptors (Lipinski definition) is 6. The summed E-state index contributed by atoms with van der Waals surface area (Å²) in [4.78, 5) is 15.1. The summed E-state index contributed by atoms with van der Waals surface area (Å²) in [5.41, 5.74) is 3.30. The van der Waals surface area contributed by atoms with Gasteiger partial charge in [0, 0.05) is 19.2 Å². The van der Waals surface area contributed by atoms with Crippen LogP contribution in [0.5, 0.6) is 11.5 Å². The number of rotatable bonds is 5. The van der Waals surface area contributed by atoms with E-state index in [1.165, 1.54) is 17.3 Å².